The van der Waals surface area contributed by atoms with E-state index in [2.05, 4.69) is 20.9 Å². The van der Waals surface area contributed by atoms with Gasteiger partial charge in [0.1, 0.15) is 11.5 Å². The van der Waals surface area contributed by atoms with E-state index in [1.165, 1.54) is 12.1 Å². The van der Waals surface area contributed by atoms with Gasteiger partial charge in [-0.1, -0.05) is 0 Å². The Kier molecular flexibility index (Phi) is 4.53. The second-order valence-corrected chi connectivity index (χ2v) is 7.48. The van der Waals surface area contributed by atoms with Crippen LogP contribution < -0.4 is 0 Å². The monoisotopic (exact) mass is 415 g/mol. The molecule has 3 aromatic rings. The van der Waals surface area contributed by atoms with Crippen molar-refractivity contribution in [1.29, 1.82) is 0 Å². The Morgan fingerprint density at radius 3 is 2.92 bits per heavy atom. The van der Waals surface area contributed by atoms with Crippen molar-refractivity contribution >= 4 is 32.9 Å². The highest BCUT2D eigenvalue weighted by atomic mass is 79.9. The van der Waals surface area contributed by atoms with Crippen molar-refractivity contribution in [3.05, 3.63) is 58.6 Å². The van der Waals surface area contributed by atoms with Gasteiger partial charge in [-0.3, -0.25) is 9.36 Å². The third-order valence-electron chi connectivity index (χ3n) is 4.80. The zero-order chi connectivity index (χ0) is 18.3. The molecule has 1 aliphatic rings. The molecule has 0 atom stereocenters. The Balaban J connectivity index is 1.78. The van der Waals surface area contributed by atoms with Crippen LogP contribution in [0.5, 0.6) is 0 Å². The molecule has 26 heavy (non-hydrogen) atoms. The average Bonchev–Trinajstić information content (AvgIpc) is 3.44. The molecule has 0 radical (unpaired) electrons. The van der Waals surface area contributed by atoms with E-state index >= 15 is 0 Å². The van der Waals surface area contributed by atoms with Crippen molar-refractivity contribution in [3.63, 3.8) is 0 Å². The largest absolute Gasteiger partial charge is 0.338 e. The molecule has 0 unspecified atom stereocenters. The van der Waals surface area contributed by atoms with Crippen LogP contribution in [0.25, 0.3) is 16.7 Å². The maximum Gasteiger partial charge on any atom is 0.225 e. The third-order valence-corrected chi connectivity index (χ3v) is 5.43. The van der Waals surface area contributed by atoms with Gasteiger partial charge in [-0.15, -0.1) is 0 Å². The van der Waals surface area contributed by atoms with Gasteiger partial charge in [0.25, 0.3) is 0 Å². The van der Waals surface area contributed by atoms with E-state index in [9.17, 15) is 9.18 Å². The normalized spacial score (nSPS) is 14.0. The van der Waals surface area contributed by atoms with Crippen LogP contribution in [-0.2, 0) is 11.3 Å². The molecule has 2 heterocycles. The van der Waals surface area contributed by atoms with Gasteiger partial charge >= 0.3 is 0 Å². The molecular formula is C20H19BrFN3O. The van der Waals surface area contributed by atoms with Gasteiger partial charge in [-0.2, -0.15) is 0 Å². The second kappa shape index (κ2) is 6.83. The molecule has 1 saturated carbocycles. The Morgan fingerprint density at radius 2 is 2.19 bits per heavy atom. The summed E-state index contributed by atoms with van der Waals surface area (Å²) in [5, 5.41) is 0.990. The van der Waals surface area contributed by atoms with E-state index in [1.807, 2.05) is 34.7 Å². The number of hydrogen-bond donors (Lipinski definition) is 0. The van der Waals surface area contributed by atoms with Crippen molar-refractivity contribution in [1.82, 2.24) is 14.5 Å². The summed E-state index contributed by atoms with van der Waals surface area (Å²) in [6.07, 6.45) is 5.60. The van der Waals surface area contributed by atoms with Crippen molar-refractivity contribution in [2.75, 3.05) is 6.54 Å². The van der Waals surface area contributed by atoms with Gasteiger partial charge in [-0.25, -0.2) is 9.37 Å². The van der Waals surface area contributed by atoms with E-state index in [-0.39, 0.29) is 17.6 Å². The summed E-state index contributed by atoms with van der Waals surface area (Å²) in [6, 6.07) is 8.58. The van der Waals surface area contributed by atoms with Crippen LogP contribution in [-0.4, -0.2) is 26.9 Å². The number of amides is 1. The highest BCUT2D eigenvalue weighted by Crippen LogP contribution is 2.33. The molecule has 4 nitrogen and oxygen atoms in total. The minimum absolute atomic E-state index is 0.148. The minimum atomic E-state index is -0.304. The molecule has 4 rings (SSSR count). The Labute approximate surface area is 159 Å². The van der Waals surface area contributed by atoms with Crippen molar-refractivity contribution < 1.29 is 9.18 Å². The summed E-state index contributed by atoms with van der Waals surface area (Å²) in [5.41, 5.74) is 2.41. The molecule has 1 aromatic carbocycles. The molecule has 134 valence electrons. The number of pyridine rings is 1. The molecule has 2 aromatic heterocycles. The standard InChI is InChI=1S/C20H19BrFN3O/c1-2-24(20(26)13-5-6-13)11-14-10-15(22)7-8-18(14)25-12-17(21)16-4-3-9-23-19(16)25/h3-4,7-10,12-13H,2,5-6,11H2,1H3. The first-order valence-corrected chi connectivity index (χ1v) is 9.57. The maximum atomic E-state index is 14.0. The smallest absolute Gasteiger partial charge is 0.225 e. The predicted octanol–water partition coefficient (Wildman–Crippen LogP) is 4.69. The zero-order valence-electron chi connectivity index (χ0n) is 14.5. The van der Waals surface area contributed by atoms with Gasteiger partial charge in [0, 0.05) is 41.3 Å². The topological polar surface area (TPSA) is 38.1 Å². The van der Waals surface area contributed by atoms with Crippen molar-refractivity contribution in [2.45, 2.75) is 26.3 Å². The predicted molar refractivity (Wildman–Crippen MR) is 103 cm³/mol. The molecule has 1 amide bonds. The average molecular weight is 416 g/mol. The first kappa shape index (κ1) is 17.2. The van der Waals surface area contributed by atoms with Crippen LogP contribution in [0.4, 0.5) is 4.39 Å². The molecule has 1 aliphatic carbocycles. The number of benzene rings is 1. The Bertz CT molecular complexity index is 980. The molecular weight excluding hydrogens is 397 g/mol. The molecule has 6 heteroatoms. The fourth-order valence-corrected chi connectivity index (χ4v) is 3.77. The van der Waals surface area contributed by atoms with E-state index in [0.29, 0.717) is 13.1 Å². The van der Waals surface area contributed by atoms with Gasteiger partial charge in [0.05, 0.1) is 5.69 Å². The molecule has 0 aliphatic heterocycles. The summed E-state index contributed by atoms with van der Waals surface area (Å²) in [4.78, 5) is 18.8. The third kappa shape index (κ3) is 3.14. The van der Waals surface area contributed by atoms with Gasteiger partial charge in [0.15, 0.2) is 0 Å². The fraction of sp³-hybridized carbons (Fsp3) is 0.300. The first-order valence-electron chi connectivity index (χ1n) is 8.77. The van der Waals surface area contributed by atoms with Gasteiger partial charge in [-0.05, 0) is 71.6 Å². The van der Waals surface area contributed by atoms with E-state index in [1.54, 1.807) is 12.3 Å². The van der Waals surface area contributed by atoms with Crippen LogP contribution in [0.3, 0.4) is 0 Å². The van der Waals surface area contributed by atoms with Gasteiger partial charge in [0.2, 0.25) is 5.91 Å². The number of aromatic nitrogens is 2. The van der Waals surface area contributed by atoms with Crippen LogP contribution in [0.1, 0.15) is 25.3 Å². The number of carbonyl (C=O) groups excluding carboxylic acids is 1. The summed E-state index contributed by atoms with van der Waals surface area (Å²) in [7, 11) is 0. The number of hydrogen-bond acceptors (Lipinski definition) is 2. The highest BCUT2D eigenvalue weighted by Gasteiger charge is 2.33. The quantitative estimate of drug-likeness (QED) is 0.606. The van der Waals surface area contributed by atoms with Crippen molar-refractivity contribution in [3.8, 4) is 5.69 Å². The SMILES string of the molecule is CCN(Cc1cc(F)ccc1-n1cc(Br)c2cccnc21)C(=O)C1CC1. The summed E-state index contributed by atoms with van der Waals surface area (Å²) in [5.74, 6) is 0.0109. The lowest BCUT2D eigenvalue weighted by atomic mass is 10.1. The lowest BCUT2D eigenvalue weighted by Crippen LogP contribution is -2.31. The number of rotatable bonds is 5. The number of carbonyl (C=O) groups is 1. The van der Waals surface area contributed by atoms with Crippen LogP contribution in [0.15, 0.2) is 47.2 Å². The van der Waals surface area contributed by atoms with Crippen LogP contribution in [0, 0.1) is 11.7 Å². The zero-order valence-corrected chi connectivity index (χ0v) is 16.0. The highest BCUT2D eigenvalue weighted by molar-refractivity contribution is 9.10. The van der Waals surface area contributed by atoms with Crippen molar-refractivity contribution in [2.24, 2.45) is 5.92 Å². The summed E-state index contributed by atoms with van der Waals surface area (Å²) >= 11 is 3.57. The van der Waals surface area contributed by atoms with Crippen LogP contribution in [0.2, 0.25) is 0 Å². The molecule has 0 N–H and O–H groups in total. The summed E-state index contributed by atoms with van der Waals surface area (Å²) < 4.78 is 16.8. The Morgan fingerprint density at radius 1 is 1.38 bits per heavy atom. The number of nitrogens with zero attached hydrogens (tertiary/aromatic N) is 3. The molecule has 0 spiro atoms. The Hall–Kier alpha value is -2.21. The fourth-order valence-electron chi connectivity index (χ4n) is 3.26. The summed E-state index contributed by atoms with van der Waals surface area (Å²) in [6.45, 7) is 2.96. The molecule has 0 saturated heterocycles. The minimum Gasteiger partial charge on any atom is -0.338 e. The van der Waals surface area contributed by atoms with Gasteiger partial charge < -0.3 is 4.90 Å². The first-order chi connectivity index (χ1) is 12.6. The lowest BCUT2D eigenvalue weighted by molar-refractivity contribution is -0.132. The number of fused-ring (bicyclic) bond motifs is 1. The maximum absolute atomic E-state index is 14.0. The molecule has 1 fully saturated rings. The molecule has 0 bridgehead atoms. The van der Waals surface area contributed by atoms with E-state index < -0.39 is 0 Å². The van der Waals surface area contributed by atoms with Crippen LogP contribution >= 0.6 is 15.9 Å². The van der Waals surface area contributed by atoms with E-state index in [4.69, 9.17) is 0 Å². The number of halogens is 2. The van der Waals surface area contributed by atoms with E-state index in [0.717, 1.165) is 39.6 Å². The lowest BCUT2D eigenvalue weighted by Gasteiger charge is -2.23. The second-order valence-electron chi connectivity index (χ2n) is 6.62.